The topological polar surface area (TPSA) is 75.4 Å². The number of hydrogen-bond acceptors (Lipinski definition) is 3. The van der Waals surface area contributed by atoms with Gasteiger partial charge in [0.05, 0.1) is 11.0 Å². The van der Waals surface area contributed by atoms with Crippen molar-refractivity contribution in [2.45, 2.75) is 26.1 Å². The van der Waals surface area contributed by atoms with Crippen molar-refractivity contribution in [2.24, 2.45) is 0 Å². The molecule has 1 aromatic heterocycles. The van der Waals surface area contributed by atoms with Crippen molar-refractivity contribution in [3.05, 3.63) is 53.1 Å². The molecule has 0 aliphatic rings. The Labute approximate surface area is 146 Å². The molecule has 0 amide bonds. The molecule has 0 bridgehead atoms. The van der Waals surface area contributed by atoms with Gasteiger partial charge in [-0.2, -0.15) is 13.2 Å². The number of benzene rings is 2. The fourth-order valence-electron chi connectivity index (χ4n) is 2.98. The van der Waals surface area contributed by atoms with E-state index in [0.717, 1.165) is 27.8 Å². The van der Waals surface area contributed by atoms with Crippen LogP contribution in [0.25, 0.3) is 22.4 Å². The number of fused-ring (bicyclic) bond motifs is 1. The lowest BCUT2D eigenvalue weighted by Gasteiger charge is -2.15. The third-order valence-corrected chi connectivity index (χ3v) is 4.20. The SMILES string of the molecule is Cc1cccc(C)c1-c1nc2ccc(C(O)C(F)(F)F)cc2n1C(=O)O. The molecule has 1 heterocycles. The fraction of sp³-hybridized carbons (Fsp3) is 0.222. The van der Waals surface area contributed by atoms with Gasteiger partial charge in [0, 0.05) is 5.56 Å². The van der Waals surface area contributed by atoms with Gasteiger partial charge in [-0.1, -0.05) is 24.3 Å². The molecule has 0 aliphatic carbocycles. The quantitative estimate of drug-likeness (QED) is 0.705. The van der Waals surface area contributed by atoms with Crippen molar-refractivity contribution in [2.75, 3.05) is 0 Å². The van der Waals surface area contributed by atoms with Crippen molar-refractivity contribution in [1.29, 1.82) is 0 Å². The summed E-state index contributed by atoms with van der Waals surface area (Å²) in [5, 5.41) is 19.1. The molecular formula is C18H15F3N2O3. The summed E-state index contributed by atoms with van der Waals surface area (Å²) in [4.78, 5) is 16.1. The molecular weight excluding hydrogens is 349 g/mol. The predicted molar refractivity (Wildman–Crippen MR) is 89.1 cm³/mol. The van der Waals surface area contributed by atoms with Gasteiger partial charge in [0.25, 0.3) is 0 Å². The Morgan fingerprint density at radius 2 is 1.77 bits per heavy atom. The highest BCUT2D eigenvalue weighted by Crippen LogP contribution is 2.35. The lowest BCUT2D eigenvalue weighted by atomic mass is 10.0. The Morgan fingerprint density at radius 1 is 1.15 bits per heavy atom. The molecule has 5 nitrogen and oxygen atoms in total. The molecule has 0 fully saturated rings. The highest BCUT2D eigenvalue weighted by Gasteiger charge is 2.39. The van der Waals surface area contributed by atoms with E-state index in [0.29, 0.717) is 5.56 Å². The molecule has 3 rings (SSSR count). The van der Waals surface area contributed by atoms with Crippen LogP contribution in [0.5, 0.6) is 0 Å². The van der Waals surface area contributed by atoms with Gasteiger partial charge < -0.3 is 10.2 Å². The van der Waals surface area contributed by atoms with Crippen LogP contribution >= 0.6 is 0 Å². The molecule has 2 N–H and O–H groups in total. The number of hydrogen-bond donors (Lipinski definition) is 2. The summed E-state index contributed by atoms with van der Waals surface area (Å²) in [6, 6.07) is 8.79. The Balaban J connectivity index is 2.30. The van der Waals surface area contributed by atoms with E-state index in [1.165, 1.54) is 6.07 Å². The number of aryl methyl sites for hydroxylation is 2. The van der Waals surface area contributed by atoms with Gasteiger partial charge in [0.1, 0.15) is 0 Å². The number of rotatable bonds is 2. The zero-order valence-electron chi connectivity index (χ0n) is 13.9. The van der Waals surface area contributed by atoms with Crippen molar-refractivity contribution >= 4 is 17.1 Å². The summed E-state index contributed by atoms with van der Waals surface area (Å²) in [5.74, 6) is 0.127. The first-order valence-electron chi connectivity index (χ1n) is 7.68. The predicted octanol–water partition coefficient (Wildman–Crippen LogP) is 4.44. The van der Waals surface area contributed by atoms with Gasteiger partial charge in [-0.3, -0.25) is 0 Å². The summed E-state index contributed by atoms with van der Waals surface area (Å²) >= 11 is 0. The summed E-state index contributed by atoms with van der Waals surface area (Å²) in [5.41, 5.74) is 1.94. The van der Waals surface area contributed by atoms with Crippen LogP contribution in [-0.2, 0) is 0 Å². The molecule has 2 aromatic carbocycles. The van der Waals surface area contributed by atoms with Crippen LogP contribution in [0.2, 0.25) is 0 Å². The maximum atomic E-state index is 12.8. The maximum Gasteiger partial charge on any atom is 0.418 e. The summed E-state index contributed by atoms with van der Waals surface area (Å²) in [6.45, 7) is 3.60. The first-order valence-corrected chi connectivity index (χ1v) is 7.68. The second-order valence-corrected chi connectivity index (χ2v) is 6.01. The smallest absolute Gasteiger partial charge is 0.418 e. The van der Waals surface area contributed by atoms with Gasteiger partial charge in [-0.05, 0) is 42.7 Å². The third kappa shape index (κ3) is 2.92. The van der Waals surface area contributed by atoms with Crippen LogP contribution in [0.3, 0.4) is 0 Å². The van der Waals surface area contributed by atoms with E-state index >= 15 is 0 Å². The number of aromatic nitrogens is 2. The maximum absolute atomic E-state index is 12.8. The highest BCUT2D eigenvalue weighted by molar-refractivity contribution is 5.92. The number of carbonyl (C=O) groups is 1. The number of aliphatic hydroxyl groups is 1. The van der Waals surface area contributed by atoms with E-state index in [9.17, 15) is 28.2 Å². The zero-order valence-corrected chi connectivity index (χ0v) is 13.9. The number of carboxylic acid groups (broad SMARTS) is 1. The Kier molecular flexibility index (Phi) is 4.23. The summed E-state index contributed by atoms with van der Waals surface area (Å²) in [6.07, 6.45) is -8.92. The molecule has 0 aliphatic heterocycles. The second kappa shape index (κ2) is 6.14. The van der Waals surface area contributed by atoms with Crippen LogP contribution < -0.4 is 0 Å². The average Bonchev–Trinajstić information content (AvgIpc) is 2.91. The minimum atomic E-state index is -4.85. The van der Waals surface area contributed by atoms with Crippen molar-refractivity contribution < 1.29 is 28.2 Å². The van der Waals surface area contributed by atoms with E-state index in [2.05, 4.69) is 4.98 Å². The van der Waals surface area contributed by atoms with Crippen LogP contribution in [0.4, 0.5) is 18.0 Å². The number of nitrogens with zero attached hydrogens (tertiary/aromatic N) is 2. The normalized spacial score (nSPS) is 13.2. The molecule has 0 saturated heterocycles. The third-order valence-electron chi connectivity index (χ3n) is 4.20. The van der Waals surface area contributed by atoms with Crippen molar-refractivity contribution in [1.82, 2.24) is 9.55 Å². The van der Waals surface area contributed by atoms with Crippen LogP contribution in [0, 0.1) is 13.8 Å². The molecule has 26 heavy (non-hydrogen) atoms. The van der Waals surface area contributed by atoms with E-state index in [1.807, 2.05) is 6.07 Å². The molecule has 0 saturated carbocycles. The van der Waals surface area contributed by atoms with E-state index < -0.39 is 23.9 Å². The Hall–Kier alpha value is -2.87. The average molecular weight is 364 g/mol. The van der Waals surface area contributed by atoms with Gasteiger partial charge >= 0.3 is 12.3 Å². The highest BCUT2D eigenvalue weighted by atomic mass is 19.4. The second-order valence-electron chi connectivity index (χ2n) is 6.01. The van der Waals surface area contributed by atoms with Crippen LogP contribution in [0.15, 0.2) is 36.4 Å². The van der Waals surface area contributed by atoms with E-state index in [-0.39, 0.29) is 16.9 Å². The molecule has 3 aromatic rings. The molecule has 8 heteroatoms. The van der Waals surface area contributed by atoms with Gasteiger partial charge in [-0.15, -0.1) is 0 Å². The lowest BCUT2D eigenvalue weighted by Crippen LogP contribution is -2.20. The minimum Gasteiger partial charge on any atom is -0.464 e. The number of halogens is 3. The van der Waals surface area contributed by atoms with Gasteiger partial charge in [0.2, 0.25) is 0 Å². The fourth-order valence-corrected chi connectivity index (χ4v) is 2.98. The molecule has 0 spiro atoms. The van der Waals surface area contributed by atoms with E-state index in [4.69, 9.17) is 0 Å². The minimum absolute atomic E-state index is 0.0176. The molecule has 1 atom stereocenters. The first kappa shape index (κ1) is 17.9. The first-order chi connectivity index (χ1) is 12.1. The summed E-state index contributed by atoms with van der Waals surface area (Å²) in [7, 11) is 0. The zero-order chi connectivity index (χ0) is 19.2. The van der Waals surface area contributed by atoms with Gasteiger partial charge in [0.15, 0.2) is 11.9 Å². The number of alkyl halides is 3. The lowest BCUT2D eigenvalue weighted by molar-refractivity contribution is -0.206. The Bertz CT molecular complexity index is 989. The van der Waals surface area contributed by atoms with Crippen molar-refractivity contribution in [3.8, 4) is 11.4 Å². The Morgan fingerprint density at radius 3 is 2.31 bits per heavy atom. The number of aliphatic hydroxyl groups excluding tert-OH is 1. The molecule has 0 radical (unpaired) electrons. The summed E-state index contributed by atoms with van der Waals surface area (Å²) < 4.78 is 39.2. The van der Waals surface area contributed by atoms with E-state index in [1.54, 1.807) is 26.0 Å². The largest absolute Gasteiger partial charge is 0.464 e. The van der Waals surface area contributed by atoms with Gasteiger partial charge in [-0.25, -0.2) is 14.3 Å². The van der Waals surface area contributed by atoms with Crippen LogP contribution in [-0.4, -0.2) is 32.0 Å². The molecule has 136 valence electrons. The monoisotopic (exact) mass is 364 g/mol. The standard InChI is InChI=1S/C18H15F3N2O3/c1-9-4-3-5-10(2)14(9)16-22-12-7-6-11(15(24)18(19,20)21)8-13(12)23(16)17(25)26/h3-8,15,24H,1-2H3,(H,25,26). The molecule has 1 unspecified atom stereocenters. The number of imidazole rings is 1. The van der Waals surface area contributed by atoms with Crippen molar-refractivity contribution in [3.63, 3.8) is 0 Å². The van der Waals surface area contributed by atoms with Crippen LogP contribution in [0.1, 0.15) is 22.8 Å².